The summed E-state index contributed by atoms with van der Waals surface area (Å²) >= 11 is 3.36. The normalized spacial score (nSPS) is 10.5. The van der Waals surface area contributed by atoms with Crippen molar-refractivity contribution in [1.29, 1.82) is 0 Å². The van der Waals surface area contributed by atoms with Gasteiger partial charge >= 0.3 is 11.8 Å². The zero-order valence-electron chi connectivity index (χ0n) is 13.2. The molecule has 0 saturated carbocycles. The summed E-state index contributed by atoms with van der Waals surface area (Å²) in [5, 5.41) is 6.28. The van der Waals surface area contributed by atoms with Gasteiger partial charge in [-0.3, -0.25) is 9.59 Å². The summed E-state index contributed by atoms with van der Waals surface area (Å²) in [5.41, 5.74) is 4.46. The van der Waals surface area contributed by atoms with Crippen LogP contribution in [0.3, 0.4) is 0 Å². The van der Waals surface area contributed by atoms with Crippen LogP contribution in [-0.4, -0.2) is 25.1 Å². The molecule has 0 atom stereocenters. The fraction of sp³-hybridized carbons (Fsp3) is 0.118. The number of carbonyl (C=O) groups excluding carboxylic acids is 2. The van der Waals surface area contributed by atoms with E-state index in [0.29, 0.717) is 11.4 Å². The van der Waals surface area contributed by atoms with Crippen LogP contribution in [0.4, 0.5) is 5.69 Å². The largest absolute Gasteiger partial charge is 0.496 e. The number of rotatable bonds is 4. The van der Waals surface area contributed by atoms with Crippen molar-refractivity contribution in [3.63, 3.8) is 0 Å². The predicted octanol–water partition coefficient (Wildman–Crippen LogP) is 2.85. The molecule has 24 heavy (non-hydrogen) atoms. The van der Waals surface area contributed by atoms with Crippen molar-refractivity contribution in [3.8, 4) is 5.75 Å². The van der Waals surface area contributed by atoms with E-state index in [4.69, 9.17) is 4.74 Å². The highest BCUT2D eigenvalue weighted by Gasteiger charge is 2.12. The Morgan fingerprint density at radius 2 is 1.96 bits per heavy atom. The van der Waals surface area contributed by atoms with E-state index in [1.165, 1.54) is 6.21 Å². The number of anilines is 1. The van der Waals surface area contributed by atoms with Gasteiger partial charge in [-0.05, 0) is 64.3 Å². The number of ether oxygens (including phenoxy) is 1. The Morgan fingerprint density at radius 3 is 2.62 bits per heavy atom. The van der Waals surface area contributed by atoms with Gasteiger partial charge in [-0.25, -0.2) is 5.43 Å². The van der Waals surface area contributed by atoms with Gasteiger partial charge in [0.15, 0.2) is 0 Å². The number of halogens is 1. The molecule has 0 fully saturated rings. The third-order valence-electron chi connectivity index (χ3n) is 3.04. The molecular formula is C17H16BrN3O3. The number of amides is 2. The van der Waals surface area contributed by atoms with Crippen molar-refractivity contribution in [3.05, 3.63) is 58.1 Å². The average Bonchev–Trinajstić information content (AvgIpc) is 2.55. The molecule has 0 unspecified atom stereocenters. The van der Waals surface area contributed by atoms with E-state index >= 15 is 0 Å². The summed E-state index contributed by atoms with van der Waals surface area (Å²) in [5.74, 6) is -0.942. The summed E-state index contributed by atoms with van der Waals surface area (Å²) in [6.07, 6.45) is 1.43. The van der Waals surface area contributed by atoms with Crippen molar-refractivity contribution in [2.45, 2.75) is 6.92 Å². The second kappa shape index (κ2) is 8.26. The van der Waals surface area contributed by atoms with Crippen LogP contribution in [0.15, 0.2) is 52.0 Å². The summed E-state index contributed by atoms with van der Waals surface area (Å²) in [6.45, 7) is 1.90. The maximum absolute atomic E-state index is 11.8. The first-order valence-corrected chi connectivity index (χ1v) is 7.83. The maximum Gasteiger partial charge on any atom is 0.329 e. The van der Waals surface area contributed by atoms with Gasteiger partial charge in [-0.1, -0.05) is 12.1 Å². The molecule has 6 nitrogen and oxygen atoms in total. The summed E-state index contributed by atoms with van der Waals surface area (Å²) < 4.78 is 5.89. The minimum Gasteiger partial charge on any atom is -0.496 e. The standard InChI is InChI=1S/C17H16BrN3O3/c1-11-4-3-5-13(8-11)20-16(22)17(23)21-19-10-12-6-7-15(24-2)14(18)9-12/h3-10H,1-2H3,(H,20,22)(H,21,23)/b19-10-. The van der Waals surface area contributed by atoms with Crippen LogP contribution in [0.5, 0.6) is 5.75 Å². The fourth-order valence-electron chi connectivity index (χ4n) is 1.89. The van der Waals surface area contributed by atoms with Gasteiger partial charge in [-0.2, -0.15) is 5.10 Å². The zero-order valence-corrected chi connectivity index (χ0v) is 14.8. The van der Waals surface area contributed by atoms with Crippen molar-refractivity contribution in [2.75, 3.05) is 12.4 Å². The minimum absolute atomic E-state index is 0.554. The van der Waals surface area contributed by atoms with E-state index < -0.39 is 11.8 Å². The lowest BCUT2D eigenvalue weighted by atomic mass is 10.2. The van der Waals surface area contributed by atoms with Crippen molar-refractivity contribution < 1.29 is 14.3 Å². The number of nitrogens with one attached hydrogen (secondary N) is 2. The van der Waals surface area contributed by atoms with Crippen molar-refractivity contribution in [2.24, 2.45) is 5.10 Å². The molecule has 0 aliphatic heterocycles. The van der Waals surface area contributed by atoms with Gasteiger partial charge < -0.3 is 10.1 Å². The van der Waals surface area contributed by atoms with Crippen LogP contribution in [0.25, 0.3) is 0 Å². The van der Waals surface area contributed by atoms with Crippen molar-refractivity contribution in [1.82, 2.24) is 5.43 Å². The Kier molecular flexibility index (Phi) is 6.08. The molecule has 2 N–H and O–H groups in total. The molecule has 7 heteroatoms. The highest BCUT2D eigenvalue weighted by atomic mass is 79.9. The maximum atomic E-state index is 11.8. The van der Waals surface area contributed by atoms with E-state index in [1.54, 1.807) is 43.5 Å². The first kappa shape index (κ1) is 17.7. The Labute approximate surface area is 148 Å². The SMILES string of the molecule is COc1ccc(/C=N\NC(=O)C(=O)Nc2cccc(C)c2)cc1Br. The minimum atomic E-state index is -0.847. The molecular weight excluding hydrogens is 374 g/mol. The number of hydrogen-bond acceptors (Lipinski definition) is 4. The highest BCUT2D eigenvalue weighted by Crippen LogP contribution is 2.24. The first-order valence-electron chi connectivity index (χ1n) is 7.04. The topological polar surface area (TPSA) is 79.8 Å². The lowest BCUT2D eigenvalue weighted by Crippen LogP contribution is -2.32. The van der Waals surface area contributed by atoms with Gasteiger partial charge in [0.1, 0.15) is 5.75 Å². The Bertz CT molecular complexity index is 790. The summed E-state index contributed by atoms with van der Waals surface area (Å²) in [4.78, 5) is 23.5. The lowest BCUT2D eigenvalue weighted by Gasteiger charge is -2.05. The molecule has 0 radical (unpaired) electrons. The molecule has 0 aliphatic rings. The molecule has 2 rings (SSSR count). The number of methoxy groups -OCH3 is 1. The molecule has 0 bridgehead atoms. The summed E-state index contributed by atoms with van der Waals surface area (Å²) in [6, 6.07) is 12.5. The second-order valence-electron chi connectivity index (χ2n) is 4.92. The quantitative estimate of drug-likeness (QED) is 0.479. The first-order chi connectivity index (χ1) is 11.5. The third kappa shape index (κ3) is 4.92. The van der Waals surface area contributed by atoms with Gasteiger partial charge in [0, 0.05) is 5.69 Å². The molecule has 0 spiro atoms. The monoisotopic (exact) mass is 389 g/mol. The second-order valence-corrected chi connectivity index (χ2v) is 5.77. The van der Waals surface area contributed by atoms with Crippen LogP contribution >= 0.6 is 15.9 Å². The van der Waals surface area contributed by atoms with E-state index in [-0.39, 0.29) is 0 Å². The Balaban J connectivity index is 1.92. The molecule has 2 amide bonds. The Morgan fingerprint density at radius 1 is 1.17 bits per heavy atom. The third-order valence-corrected chi connectivity index (χ3v) is 3.66. The number of benzene rings is 2. The van der Waals surface area contributed by atoms with Gasteiger partial charge in [-0.15, -0.1) is 0 Å². The smallest absolute Gasteiger partial charge is 0.329 e. The molecule has 0 heterocycles. The predicted molar refractivity (Wildman–Crippen MR) is 96.2 cm³/mol. The number of hydrogen-bond donors (Lipinski definition) is 2. The van der Waals surface area contributed by atoms with Gasteiger partial charge in [0.25, 0.3) is 0 Å². The molecule has 0 aliphatic carbocycles. The number of aryl methyl sites for hydroxylation is 1. The number of carbonyl (C=O) groups is 2. The average molecular weight is 390 g/mol. The number of nitrogens with zero attached hydrogens (tertiary/aromatic N) is 1. The summed E-state index contributed by atoms with van der Waals surface area (Å²) in [7, 11) is 1.57. The lowest BCUT2D eigenvalue weighted by molar-refractivity contribution is -0.136. The van der Waals surface area contributed by atoms with Crippen molar-refractivity contribution >= 4 is 39.6 Å². The van der Waals surface area contributed by atoms with E-state index in [2.05, 4.69) is 31.8 Å². The van der Waals surface area contributed by atoms with Gasteiger partial charge in [0.05, 0.1) is 17.8 Å². The highest BCUT2D eigenvalue weighted by molar-refractivity contribution is 9.10. The molecule has 0 saturated heterocycles. The van der Waals surface area contributed by atoms with Crippen LogP contribution in [0.1, 0.15) is 11.1 Å². The molecule has 0 aromatic heterocycles. The van der Waals surface area contributed by atoms with E-state index in [9.17, 15) is 9.59 Å². The van der Waals surface area contributed by atoms with Crippen LogP contribution in [-0.2, 0) is 9.59 Å². The van der Waals surface area contributed by atoms with Crippen LogP contribution < -0.4 is 15.5 Å². The number of hydrazone groups is 1. The Hall–Kier alpha value is -2.67. The van der Waals surface area contributed by atoms with Crippen LogP contribution in [0, 0.1) is 6.92 Å². The van der Waals surface area contributed by atoms with Gasteiger partial charge in [0.2, 0.25) is 0 Å². The molecule has 2 aromatic carbocycles. The van der Waals surface area contributed by atoms with E-state index in [0.717, 1.165) is 15.6 Å². The van der Waals surface area contributed by atoms with Crippen LogP contribution in [0.2, 0.25) is 0 Å². The zero-order chi connectivity index (χ0) is 17.5. The fourth-order valence-corrected chi connectivity index (χ4v) is 2.45. The molecule has 2 aromatic rings. The molecule has 124 valence electrons. The van der Waals surface area contributed by atoms with E-state index in [1.807, 2.05) is 13.0 Å².